The monoisotopic (exact) mass is 272 g/mol. The Morgan fingerprint density at radius 2 is 2.15 bits per heavy atom. The molecule has 20 heavy (non-hydrogen) atoms. The predicted molar refractivity (Wildman–Crippen MR) is 73.0 cm³/mol. The number of hydrogen-bond donors (Lipinski definition) is 1. The molecule has 0 bridgehead atoms. The molecule has 0 spiro atoms. The van der Waals surface area contributed by atoms with Crippen molar-refractivity contribution in [3.8, 4) is 0 Å². The average Bonchev–Trinajstić information content (AvgIpc) is 2.94. The summed E-state index contributed by atoms with van der Waals surface area (Å²) in [6.45, 7) is 1.40. The van der Waals surface area contributed by atoms with Crippen molar-refractivity contribution in [1.29, 1.82) is 0 Å². The summed E-state index contributed by atoms with van der Waals surface area (Å²) in [5, 5.41) is 3.95. The Kier molecular flexibility index (Phi) is 3.37. The largest absolute Gasteiger partial charge is 0.368 e. The molecule has 0 unspecified atom stereocenters. The molecule has 104 valence electrons. The molecule has 3 heterocycles. The van der Waals surface area contributed by atoms with E-state index >= 15 is 0 Å². The Morgan fingerprint density at radius 3 is 2.75 bits per heavy atom. The third-order valence-electron chi connectivity index (χ3n) is 3.63. The van der Waals surface area contributed by atoms with Crippen LogP contribution in [0.4, 0.5) is 5.88 Å². The number of anilines is 1. The second kappa shape index (κ2) is 5.32. The van der Waals surface area contributed by atoms with Crippen LogP contribution in [0.1, 0.15) is 34.9 Å². The lowest BCUT2D eigenvalue weighted by atomic mass is 9.93. The van der Waals surface area contributed by atoms with Crippen molar-refractivity contribution in [2.24, 2.45) is 0 Å². The number of nitrogens with zero attached hydrogens (tertiary/aromatic N) is 3. The molecule has 6 heteroatoms. The average molecular weight is 272 g/mol. The maximum Gasteiger partial charge on any atom is 0.272 e. The van der Waals surface area contributed by atoms with Crippen molar-refractivity contribution in [3.05, 3.63) is 41.9 Å². The molecule has 0 aromatic carbocycles. The van der Waals surface area contributed by atoms with Gasteiger partial charge >= 0.3 is 0 Å². The summed E-state index contributed by atoms with van der Waals surface area (Å²) in [6, 6.07) is 7.14. The number of aromatic nitrogens is 2. The predicted octanol–water partition coefficient (Wildman–Crippen LogP) is 1.67. The minimum absolute atomic E-state index is 0.0104. The van der Waals surface area contributed by atoms with Crippen molar-refractivity contribution in [2.75, 3.05) is 18.8 Å². The zero-order valence-corrected chi connectivity index (χ0v) is 11.0. The zero-order valence-electron chi connectivity index (χ0n) is 11.0. The summed E-state index contributed by atoms with van der Waals surface area (Å²) in [5.41, 5.74) is 6.91. The summed E-state index contributed by atoms with van der Waals surface area (Å²) < 4.78 is 4.90. The van der Waals surface area contributed by atoms with E-state index < -0.39 is 0 Å². The van der Waals surface area contributed by atoms with Gasteiger partial charge in [0.1, 0.15) is 5.69 Å². The van der Waals surface area contributed by atoms with Crippen molar-refractivity contribution >= 4 is 11.8 Å². The molecule has 3 rings (SSSR count). The van der Waals surface area contributed by atoms with E-state index in [4.69, 9.17) is 10.3 Å². The van der Waals surface area contributed by atoms with Crippen molar-refractivity contribution in [3.63, 3.8) is 0 Å². The highest BCUT2D eigenvalue weighted by atomic mass is 16.5. The van der Waals surface area contributed by atoms with E-state index in [1.807, 2.05) is 11.0 Å². The molecule has 0 saturated carbocycles. The van der Waals surface area contributed by atoms with Gasteiger partial charge in [-0.25, -0.2) is 0 Å². The lowest BCUT2D eigenvalue weighted by Crippen LogP contribution is -2.38. The van der Waals surface area contributed by atoms with E-state index in [9.17, 15) is 4.79 Å². The van der Waals surface area contributed by atoms with Gasteiger partial charge in [-0.3, -0.25) is 9.78 Å². The topological polar surface area (TPSA) is 85.2 Å². The summed E-state index contributed by atoms with van der Waals surface area (Å²) in [5.74, 6) is 0.638. The first kappa shape index (κ1) is 12.7. The number of piperidine rings is 1. The highest BCUT2D eigenvalue weighted by molar-refractivity contribution is 5.92. The van der Waals surface area contributed by atoms with Crippen LogP contribution in [0.3, 0.4) is 0 Å². The number of nitrogens with two attached hydrogens (primary N) is 1. The third-order valence-corrected chi connectivity index (χ3v) is 3.63. The Hall–Kier alpha value is -2.37. The van der Waals surface area contributed by atoms with Gasteiger partial charge in [-0.05, 0) is 25.0 Å². The minimum Gasteiger partial charge on any atom is -0.368 e. The van der Waals surface area contributed by atoms with Crippen molar-refractivity contribution < 1.29 is 9.32 Å². The highest BCUT2D eigenvalue weighted by Gasteiger charge is 2.26. The summed E-state index contributed by atoms with van der Waals surface area (Å²) in [6.07, 6.45) is 3.37. The molecule has 0 atom stereocenters. The van der Waals surface area contributed by atoms with Crippen molar-refractivity contribution in [1.82, 2.24) is 15.0 Å². The highest BCUT2D eigenvalue weighted by Crippen LogP contribution is 2.28. The first-order valence-electron chi connectivity index (χ1n) is 6.66. The molecule has 1 saturated heterocycles. The fraction of sp³-hybridized carbons (Fsp3) is 0.357. The maximum atomic E-state index is 12.3. The molecular weight excluding hydrogens is 256 g/mol. The van der Waals surface area contributed by atoms with Gasteiger partial charge in [-0.15, -0.1) is 0 Å². The quantitative estimate of drug-likeness (QED) is 0.898. The van der Waals surface area contributed by atoms with Crippen LogP contribution in [-0.4, -0.2) is 34.0 Å². The molecule has 2 aromatic rings. The fourth-order valence-electron chi connectivity index (χ4n) is 2.53. The van der Waals surface area contributed by atoms with Crippen LogP contribution in [0, 0.1) is 0 Å². The van der Waals surface area contributed by atoms with Crippen molar-refractivity contribution in [2.45, 2.75) is 18.8 Å². The molecule has 6 nitrogen and oxygen atoms in total. The van der Waals surface area contributed by atoms with E-state index in [0.717, 1.165) is 18.5 Å². The molecule has 0 radical (unpaired) electrons. The molecular formula is C14H16N4O2. The lowest BCUT2D eigenvalue weighted by molar-refractivity contribution is 0.0705. The van der Waals surface area contributed by atoms with E-state index in [1.165, 1.54) is 0 Å². The van der Waals surface area contributed by atoms with Crippen LogP contribution < -0.4 is 5.73 Å². The minimum atomic E-state index is -0.0104. The number of carbonyl (C=O) groups is 1. The zero-order chi connectivity index (χ0) is 13.9. The van der Waals surface area contributed by atoms with Crippen LogP contribution in [-0.2, 0) is 0 Å². The Labute approximate surface area is 116 Å². The molecule has 1 amide bonds. The number of likely N-dealkylation sites (tertiary alicyclic amines) is 1. The molecule has 1 aliphatic rings. The van der Waals surface area contributed by atoms with Crippen LogP contribution in [0.25, 0.3) is 0 Å². The van der Waals surface area contributed by atoms with Crippen LogP contribution in [0.2, 0.25) is 0 Å². The van der Waals surface area contributed by atoms with Gasteiger partial charge in [0.25, 0.3) is 5.91 Å². The lowest BCUT2D eigenvalue weighted by Gasteiger charge is -2.30. The number of amides is 1. The first-order valence-corrected chi connectivity index (χ1v) is 6.66. The second-order valence-electron chi connectivity index (χ2n) is 4.94. The first-order chi connectivity index (χ1) is 9.74. The molecule has 1 fully saturated rings. The van der Waals surface area contributed by atoms with Gasteiger partial charge in [0, 0.05) is 31.3 Å². The van der Waals surface area contributed by atoms with E-state index in [1.54, 1.807) is 24.4 Å². The third kappa shape index (κ3) is 2.49. The Bertz CT molecular complexity index is 588. The number of pyridine rings is 1. The molecule has 0 aliphatic carbocycles. The maximum absolute atomic E-state index is 12.3. The van der Waals surface area contributed by atoms with Gasteiger partial charge in [0.05, 0.1) is 5.69 Å². The number of hydrogen-bond acceptors (Lipinski definition) is 5. The van der Waals surface area contributed by atoms with E-state index in [-0.39, 0.29) is 5.91 Å². The smallest absolute Gasteiger partial charge is 0.272 e. The Balaban J connectivity index is 1.63. The van der Waals surface area contributed by atoms with Crippen LogP contribution in [0.5, 0.6) is 0 Å². The second-order valence-corrected chi connectivity index (χ2v) is 4.94. The van der Waals surface area contributed by atoms with Gasteiger partial charge in [0.2, 0.25) is 5.88 Å². The normalized spacial score (nSPS) is 16.3. The van der Waals surface area contributed by atoms with E-state index in [2.05, 4.69) is 10.1 Å². The van der Waals surface area contributed by atoms with Gasteiger partial charge in [-0.1, -0.05) is 11.2 Å². The summed E-state index contributed by atoms with van der Waals surface area (Å²) >= 11 is 0. The van der Waals surface area contributed by atoms with Gasteiger partial charge in [-0.2, -0.15) is 0 Å². The SMILES string of the molecule is Nc1cc(C2CCN(C(=O)c3ccccn3)CC2)no1. The number of rotatable bonds is 2. The van der Waals surface area contributed by atoms with Gasteiger partial charge < -0.3 is 15.2 Å². The Morgan fingerprint density at radius 1 is 1.35 bits per heavy atom. The number of nitrogen functional groups attached to an aromatic ring is 1. The number of carbonyl (C=O) groups excluding carboxylic acids is 1. The molecule has 2 aromatic heterocycles. The fourth-order valence-corrected chi connectivity index (χ4v) is 2.53. The van der Waals surface area contributed by atoms with Crippen LogP contribution >= 0.6 is 0 Å². The standard InChI is InChI=1S/C14H16N4O2/c15-13-9-12(17-20-13)10-4-7-18(8-5-10)14(19)11-3-1-2-6-16-11/h1-3,6,9-10H,4-5,7-8,15H2. The molecule has 1 aliphatic heterocycles. The molecule has 2 N–H and O–H groups in total. The van der Waals surface area contributed by atoms with Crippen LogP contribution in [0.15, 0.2) is 35.0 Å². The summed E-state index contributed by atoms with van der Waals surface area (Å²) in [7, 11) is 0. The van der Waals surface area contributed by atoms with E-state index in [0.29, 0.717) is 30.6 Å². The van der Waals surface area contributed by atoms with Gasteiger partial charge in [0.15, 0.2) is 0 Å². The summed E-state index contributed by atoms with van der Waals surface area (Å²) in [4.78, 5) is 18.2.